The number of ketones is 1. The summed E-state index contributed by atoms with van der Waals surface area (Å²) < 4.78 is 30.4. The number of Topliss-reactive ketones (excluding diaryl/α,β-unsaturated/α-hetero) is 1. The Balaban J connectivity index is 1.37. The zero-order valence-corrected chi connectivity index (χ0v) is 21.2. The minimum Gasteiger partial charge on any atom is -0.494 e. The SMILES string of the molecule is COc1cc(C(=O)CC[C@](O)(c2cc3c(c(-c4ccc(F)cc4)n2)OC[C@]3(C)N)C2CC2)cc2ocnc12. The van der Waals surface area contributed by atoms with Gasteiger partial charge in [0.1, 0.15) is 29.5 Å². The number of hydrogen-bond donors (Lipinski definition) is 2. The first-order chi connectivity index (χ1) is 18.2. The lowest BCUT2D eigenvalue weighted by molar-refractivity contribution is -0.00116. The van der Waals surface area contributed by atoms with Crippen LogP contribution in [0.15, 0.2) is 53.3 Å². The number of ether oxygens (including phenoxy) is 2. The highest BCUT2D eigenvalue weighted by atomic mass is 19.1. The summed E-state index contributed by atoms with van der Waals surface area (Å²) in [6.45, 7) is 2.12. The number of carbonyl (C=O) groups is 1. The molecule has 3 N–H and O–H groups in total. The maximum absolute atomic E-state index is 13.7. The van der Waals surface area contributed by atoms with Gasteiger partial charge < -0.3 is 24.7 Å². The number of hydrogen-bond acceptors (Lipinski definition) is 8. The summed E-state index contributed by atoms with van der Waals surface area (Å²) in [6, 6.07) is 11.1. The Bertz CT molecular complexity index is 1540. The standard InChI is InChI=1S/C29H28FN3O5/c1-28(31)14-37-27-20(28)13-24(33-25(27)16-3-7-19(30)8-4-16)29(35,18-5-6-18)10-9-21(34)17-11-22(36-2)26-23(12-17)38-15-32-26/h3-4,7-8,11-13,15,18,35H,5-6,9-10,14,31H2,1-2H3/t28-,29+/m0/s1. The monoisotopic (exact) mass is 517 g/mol. The third kappa shape index (κ3) is 4.12. The lowest BCUT2D eigenvalue weighted by atomic mass is 9.83. The predicted molar refractivity (Wildman–Crippen MR) is 137 cm³/mol. The van der Waals surface area contributed by atoms with Crippen molar-refractivity contribution in [2.75, 3.05) is 13.7 Å². The summed E-state index contributed by atoms with van der Waals surface area (Å²) in [7, 11) is 1.51. The lowest BCUT2D eigenvalue weighted by Gasteiger charge is -2.29. The van der Waals surface area contributed by atoms with Crippen molar-refractivity contribution < 1.29 is 28.2 Å². The molecular formula is C29H28FN3O5. The highest BCUT2D eigenvalue weighted by Gasteiger charge is 2.48. The molecule has 1 saturated carbocycles. The van der Waals surface area contributed by atoms with Gasteiger partial charge in [-0.2, -0.15) is 0 Å². The second-order valence-corrected chi connectivity index (χ2v) is 10.4. The Morgan fingerprint density at radius 2 is 2.03 bits per heavy atom. The number of nitrogens with zero attached hydrogens (tertiary/aromatic N) is 2. The van der Waals surface area contributed by atoms with E-state index in [2.05, 4.69) is 4.98 Å². The number of halogens is 1. The van der Waals surface area contributed by atoms with Gasteiger partial charge in [0.05, 0.1) is 18.3 Å². The fourth-order valence-electron chi connectivity index (χ4n) is 5.23. The van der Waals surface area contributed by atoms with Crippen LogP contribution in [0.4, 0.5) is 4.39 Å². The first-order valence-electron chi connectivity index (χ1n) is 12.6. The Morgan fingerprint density at radius 3 is 2.74 bits per heavy atom. The Hall–Kier alpha value is -3.82. The lowest BCUT2D eigenvalue weighted by Crippen LogP contribution is -2.35. The summed E-state index contributed by atoms with van der Waals surface area (Å²) in [5.41, 5.74) is 8.16. The number of carbonyl (C=O) groups excluding carboxylic acids is 1. The molecule has 2 aromatic heterocycles. The number of oxazole rings is 1. The van der Waals surface area contributed by atoms with Crippen LogP contribution in [0.2, 0.25) is 0 Å². The zero-order chi connectivity index (χ0) is 26.7. The quantitative estimate of drug-likeness (QED) is 0.318. The average Bonchev–Trinajstić information content (AvgIpc) is 3.59. The van der Waals surface area contributed by atoms with Crippen molar-refractivity contribution in [1.29, 1.82) is 0 Å². The van der Waals surface area contributed by atoms with E-state index >= 15 is 0 Å². The van der Waals surface area contributed by atoms with E-state index in [4.69, 9.17) is 24.6 Å². The predicted octanol–water partition coefficient (Wildman–Crippen LogP) is 4.86. The third-order valence-electron chi connectivity index (χ3n) is 7.60. The van der Waals surface area contributed by atoms with Gasteiger partial charge in [-0.15, -0.1) is 0 Å². The van der Waals surface area contributed by atoms with Crippen LogP contribution in [0.5, 0.6) is 11.5 Å². The van der Waals surface area contributed by atoms with Crippen molar-refractivity contribution in [2.45, 2.75) is 43.7 Å². The van der Waals surface area contributed by atoms with Gasteiger partial charge in [-0.1, -0.05) is 0 Å². The molecule has 0 radical (unpaired) electrons. The molecule has 9 heteroatoms. The van der Waals surface area contributed by atoms with Crippen LogP contribution < -0.4 is 15.2 Å². The summed E-state index contributed by atoms with van der Waals surface area (Å²) in [5.74, 6) is 0.418. The summed E-state index contributed by atoms with van der Waals surface area (Å²) >= 11 is 0. The van der Waals surface area contributed by atoms with Gasteiger partial charge in [-0.05, 0) is 74.6 Å². The molecule has 2 aliphatic rings. The maximum atomic E-state index is 13.7. The van der Waals surface area contributed by atoms with Gasteiger partial charge in [0.2, 0.25) is 0 Å². The second kappa shape index (κ2) is 8.89. The van der Waals surface area contributed by atoms with E-state index in [-0.39, 0.29) is 37.0 Å². The van der Waals surface area contributed by atoms with Gasteiger partial charge in [-0.25, -0.2) is 14.4 Å². The number of aromatic nitrogens is 2. The van der Waals surface area contributed by atoms with E-state index in [1.54, 1.807) is 24.3 Å². The van der Waals surface area contributed by atoms with Crippen LogP contribution in [-0.4, -0.2) is 34.6 Å². The molecule has 2 aromatic carbocycles. The molecule has 0 spiro atoms. The molecule has 2 atom stereocenters. The summed E-state index contributed by atoms with van der Waals surface area (Å²) in [5, 5.41) is 12.1. The van der Waals surface area contributed by atoms with Gasteiger partial charge in [-0.3, -0.25) is 4.79 Å². The van der Waals surface area contributed by atoms with Gasteiger partial charge in [0.15, 0.2) is 29.0 Å². The Morgan fingerprint density at radius 1 is 1.26 bits per heavy atom. The Labute approximate surface area is 218 Å². The number of pyridine rings is 1. The number of fused-ring (bicyclic) bond motifs is 2. The normalized spacial score (nSPS) is 20.1. The number of rotatable bonds is 8. The van der Waals surface area contributed by atoms with E-state index in [1.807, 2.05) is 13.0 Å². The summed E-state index contributed by atoms with van der Waals surface area (Å²) in [6.07, 6.45) is 3.20. The average molecular weight is 518 g/mol. The van der Waals surface area contributed by atoms with Crippen LogP contribution in [-0.2, 0) is 11.1 Å². The van der Waals surface area contributed by atoms with E-state index in [9.17, 15) is 14.3 Å². The van der Waals surface area contributed by atoms with Crippen LogP contribution >= 0.6 is 0 Å². The number of aliphatic hydroxyl groups is 1. The zero-order valence-electron chi connectivity index (χ0n) is 21.2. The molecule has 196 valence electrons. The smallest absolute Gasteiger partial charge is 0.182 e. The molecule has 0 unspecified atom stereocenters. The third-order valence-corrected chi connectivity index (χ3v) is 7.60. The first-order valence-corrected chi connectivity index (χ1v) is 12.6. The van der Waals surface area contributed by atoms with Crippen LogP contribution in [0.3, 0.4) is 0 Å². The molecule has 1 aliphatic carbocycles. The van der Waals surface area contributed by atoms with E-state index in [1.165, 1.54) is 25.6 Å². The largest absolute Gasteiger partial charge is 0.494 e. The molecule has 0 saturated heterocycles. The van der Waals surface area contributed by atoms with E-state index in [0.29, 0.717) is 45.1 Å². The maximum Gasteiger partial charge on any atom is 0.182 e. The minimum absolute atomic E-state index is 0.0421. The van der Waals surface area contributed by atoms with Crippen molar-refractivity contribution in [1.82, 2.24) is 9.97 Å². The highest BCUT2D eigenvalue weighted by Crippen LogP contribution is 2.51. The van der Waals surface area contributed by atoms with Crippen molar-refractivity contribution in [3.63, 3.8) is 0 Å². The first kappa shape index (κ1) is 24.5. The molecule has 6 rings (SSSR count). The molecule has 3 heterocycles. The van der Waals surface area contributed by atoms with Gasteiger partial charge in [0, 0.05) is 23.1 Å². The van der Waals surface area contributed by atoms with Crippen molar-refractivity contribution >= 4 is 16.9 Å². The molecule has 8 nitrogen and oxygen atoms in total. The molecule has 1 fully saturated rings. The van der Waals surface area contributed by atoms with Crippen LogP contribution in [0.1, 0.15) is 54.2 Å². The molecule has 1 aliphatic heterocycles. The molecular weight excluding hydrogens is 489 g/mol. The molecule has 0 amide bonds. The number of nitrogens with two attached hydrogens (primary N) is 1. The van der Waals surface area contributed by atoms with Crippen molar-refractivity contribution in [3.05, 3.63) is 71.5 Å². The minimum atomic E-state index is -1.35. The van der Waals surface area contributed by atoms with Crippen molar-refractivity contribution in [2.24, 2.45) is 11.7 Å². The molecule has 0 bridgehead atoms. The topological polar surface area (TPSA) is 121 Å². The molecule has 4 aromatic rings. The molecule has 38 heavy (non-hydrogen) atoms. The second-order valence-electron chi connectivity index (χ2n) is 10.4. The van der Waals surface area contributed by atoms with E-state index in [0.717, 1.165) is 18.4 Å². The van der Waals surface area contributed by atoms with Gasteiger partial charge in [0.25, 0.3) is 0 Å². The van der Waals surface area contributed by atoms with Crippen LogP contribution in [0.25, 0.3) is 22.4 Å². The van der Waals surface area contributed by atoms with Crippen LogP contribution in [0, 0.1) is 11.7 Å². The van der Waals surface area contributed by atoms with E-state index < -0.39 is 11.1 Å². The fraction of sp³-hybridized carbons (Fsp3) is 0.345. The van der Waals surface area contributed by atoms with Gasteiger partial charge >= 0.3 is 0 Å². The van der Waals surface area contributed by atoms with Crippen molar-refractivity contribution in [3.8, 4) is 22.8 Å². The number of benzene rings is 2. The highest BCUT2D eigenvalue weighted by molar-refractivity contribution is 6.00. The summed E-state index contributed by atoms with van der Waals surface area (Å²) in [4.78, 5) is 22.3. The number of methoxy groups -OCH3 is 1. The Kier molecular flexibility index (Phi) is 5.73. The fourth-order valence-corrected chi connectivity index (χ4v) is 5.23.